The molecule has 4 rings (SSSR count). The second kappa shape index (κ2) is 10.5. The van der Waals surface area contributed by atoms with Crippen LogP contribution in [-0.4, -0.2) is 54.2 Å². The van der Waals surface area contributed by atoms with Crippen molar-refractivity contribution in [3.8, 4) is 0 Å². The van der Waals surface area contributed by atoms with Gasteiger partial charge in [0.05, 0.1) is 24.4 Å². The van der Waals surface area contributed by atoms with Crippen LogP contribution in [0.15, 0.2) is 0 Å². The Kier molecular flexibility index (Phi) is 8.23. The van der Waals surface area contributed by atoms with E-state index >= 15 is 0 Å². The Balaban J connectivity index is 1.46. The Bertz CT molecular complexity index is 910. The van der Waals surface area contributed by atoms with E-state index in [0.717, 1.165) is 57.8 Å². The first-order valence-electron chi connectivity index (χ1n) is 14.4. The number of aliphatic hydroxyl groups excluding tert-OH is 2. The molecule has 36 heavy (non-hydrogen) atoms. The summed E-state index contributed by atoms with van der Waals surface area (Å²) in [6, 6.07) is 0. The first-order chi connectivity index (χ1) is 16.8. The maximum Gasteiger partial charge on any atom is 0.304 e. The summed E-state index contributed by atoms with van der Waals surface area (Å²) >= 11 is 0. The minimum atomic E-state index is -3.57. The van der Waals surface area contributed by atoms with Crippen LogP contribution in [0, 0.1) is 52.3 Å². The molecule has 0 bridgehead atoms. The average molecular weight is 528 g/mol. The summed E-state index contributed by atoms with van der Waals surface area (Å²) in [5, 5.41) is 31.1. The maximum absolute atomic E-state index is 12.1. The predicted octanol–water partition coefficient (Wildman–Crippen LogP) is 4.03. The van der Waals surface area contributed by atoms with Crippen molar-refractivity contribution in [3.63, 3.8) is 0 Å². The number of hydrogen-bond acceptors (Lipinski definition) is 5. The summed E-state index contributed by atoms with van der Waals surface area (Å²) in [5.41, 5.74) is 0.350. The molecular weight excluding hydrogens is 478 g/mol. The molecule has 7 nitrogen and oxygen atoms in total. The lowest BCUT2D eigenvalue weighted by Gasteiger charge is -2.64. The molecule has 8 heteroatoms. The zero-order chi connectivity index (χ0) is 26.5. The Morgan fingerprint density at radius 3 is 2.36 bits per heavy atom. The summed E-state index contributed by atoms with van der Waals surface area (Å²) < 4.78 is 26.9. The number of carboxylic acids is 1. The van der Waals surface area contributed by atoms with Gasteiger partial charge < -0.3 is 15.3 Å². The van der Waals surface area contributed by atoms with Crippen LogP contribution in [0.25, 0.3) is 0 Å². The quantitative estimate of drug-likeness (QED) is 0.359. The fraction of sp³-hybridized carbons (Fsp3) is 0.964. The van der Waals surface area contributed by atoms with E-state index in [1.165, 1.54) is 0 Å². The number of carboxylic acid groups (broad SMARTS) is 1. The number of nitrogens with one attached hydrogen (secondary N) is 1. The van der Waals surface area contributed by atoms with E-state index in [2.05, 4.69) is 32.4 Å². The Morgan fingerprint density at radius 2 is 1.69 bits per heavy atom. The summed E-state index contributed by atoms with van der Waals surface area (Å²) in [6.07, 6.45) is 8.12. The molecule has 0 saturated heterocycles. The van der Waals surface area contributed by atoms with Gasteiger partial charge in [-0.2, -0.15) is 0 Å². The van der Waals surface area contributed by atoms with Crippen molar-refractivity contribution in [2.45, 2.75) is 104 Å². The third kappa shape index (κ3) is 5.01. The minimum Gasteiger partial charge on any atom is -0.481 e. The molecule has 11 atom stereocenters. The molecule has 4 aliphatic carbocycles. The molecule has 4 N–H and O–H groups in total. The molecule has 4 unspecified atom stereocenters. The summed E-state index contributed by atoms with van der Waals surface area (Å²) in [7, 11) is -3.57. The van der Waals surface area contributed by atoms with Gasteiger partial charge in [0, 0.05) is 6.54 Å². The standard InChI is InChI=1S/C28H49NO6S/c1-5-19-23-16-18(30)8-12-28(23,4)22-9-13-27(3)20(6-7-21(27)25(22)26(19)33)17(2)10-14-29-36(34,35)15-11-24(31)32/h17-23,25-26,29-30,33H,5-16H2,1-4H3,(H,31,32)/t17-,18-,19-,20-,21+,22+,23?,25?,26-,27?,28?/m1/s1. The SMILES string of the molecule is CC[C@@H]1C2C[C@H](O)CCC2(C)[C@H]2CCC3(C)[C@@H]([C@H](C)CCNS(=O)(=O)CCC(=O)O)CC[C@H]3C2[C@@H]1O. The zero-order valence-electron chi connectivity index (χ0n) is 22.7. The highest BCUT2D eigenvalue weighted by Crippen LogP contribution is 2.69. The lowest BCUT2D eigenvalue weighted by molar-refractivity contribution is -0.203. The van der Waals surface area contributed by atoms with Gasteiger partial charge in [-0.05, 0) is 104 Å². The molecule has 0 spiro atoms. The van der Waals surface area contributed by atoms with Crippen molar-refractivity contribution in [2.75, 3.05) is 12.3 Å². The number of fused-ring (bicyclic) bond motifs is 5. The molecule has 0 radical (unpaired) electrons. The van der Waals surface area contributed by atoms with Crippen molar-refractivity contribution in [2.24, 2.45) is 52.3 Å². The van der Waals surface area contributed by atoms with Crippen LogP contribution < -0.4 is 4.72 Å². The Labute approximate surface area is 217 Å². The van der Waals surface area contributed by atoms with Gasteiger partial charge in [0.1, 0.15) is 0 Å². The number of rotatable bonds is 9. The van der Waals surface area contributed by atoms with Gasteiger partial charge in [-0.1, -0.05) is 34.1 Å². The molecule has 0 amide bonds. The van der Waals surface area contributed by atoms with Gasteiger partial charge >= 0.3 is 5.97 Å². The van der Waals surface area contributed by atoms with E-state index < -0.39 is 16.0 Å². The average Bonchev–Trinajstić information content (AvgIpc) is 3.16. The molecule has 0 aliphatic heterocycles. The van der Waals surface area contributed by atoms with Crippen molar-refractivity contribution in [3.05, 3.63) is 0 Å². The minimum absolute atomic E-state index is 0.152. The van der Waals surface area contributed by atoms with E-state index in [-0.39, 0.29) is 41.1 Å². The van der Waals surface area contributed by atoms with Gasteiger partial charge in [0.25, 0.3) is 0 Å². The zero-order valence-corrected chi connectivity index (χ0v) is 23.5. The number of hydrogen-bond donors (Lipinski definition) is 4. The van der Waals surface area contributed by atoms with E-state index in [9.17, 15) is 23.4 Å². The van der Waals surface area contributed by atoms with Gasteiger partial charge in [-0.25, -0.2) is 13.1 Å². The lowest BCUT2D eigenvalue weighted by Crippen LogP contribution is -2.62. The van der Waals surface area contributed by atoms with Crippen LogP contribution >= 0.6 is 0 Å². The largest absolute Gasteiger partial charge is 0.481 e. The smallest absolute Gasteiger partial charge is 0.304 e. The highest BCUT2D eigenvalue weighted by atomic mass is 32.2. The summed E-state index contributed by atoms with van der Waals surface area (Å²) in [6.45, 7) is 9.68. The molecule has 4 fully saturated rings. The molecule has 0 aromatic rings. The monoisotopic (exact) mass is 527 g/mol. The van der Waals surface area contributed by atoms with Crippen LogP contribution in [0.4, 0.5) is 0 Å². The van der Waals surface area contributed by atoms with E-state index in [1.807, 2.05) is 0 Å². The van der Waals surface area contributed by atoms with Crippen molar-refractivity contribution >= 4 is 16.0 Å². The fourth-order valence-corrected chi connectivity index (χ4v) is 10.9. The summed E-state index contributed by atoms with van der Waals surface area (Å²) in [5.74, 6) is 1.35. The van der Waals surface area contributed by atoms with Crippen LogP contribution in [0.3, 0.4) is 0 Å². The maximum atomic E-state index is 12.1. The van der Waals surface area contributed by atoms with E-state index in [0.29, 0.717) is 42.1 Å². The fourth-order valence-electron chi connectivity index (χ4n) is 9.87. The molecule has 208 valence electrons. The van der Waals surface area contributed by atoms with Crippen LogP contribution in [0.1, 0.15) is 91.9 Å². The summed E-state index contributed by atoms with van der Waals surface area (Å²) in [4.78, 5) is 10.7. The normalized spacial score (nSPS) is 45.4. The van der Waals surface area contributed by atoms with Crippen LogP contribution in [0.2, 0.25) is 0 Å². The topological polar surface area (TPSA) is 124 Å². The number of sulfonamides is 1. The van der Waals surface area contributed by atoms with Crippen molar-refractivity contribution in [1.29, 1.82) is 0 Å². The lowest BCUT2D eigenvalue weighted by atomic mass is 9.41. The molecule has 0 aromatic heterocycles. The van der Waals surface area contributed by atoms with Gasteiger partial charge in [-0.15, -0.1) is 0 Å². The highest BCUT2D eigenvalue weighted by Gasteiger charge is 2.64. The number of carbonyl (C=O) groups is 1. The third-order valence-electron chi connectivity index (χ3n) is 11.7. The Hall–Kier alpha value is -0.700. The molecule has 4 aliphatic rings. The number of aliphatic carboxylic acids is 1. The highest BCUT2D eigenvalue weighted by molar-refractivity contribution is 7.89. The van der Waals surface area contributed by atoms with Gasteiger partial charge in [0.2, 0.25) is 10.0 Å². The van der Waals surface area contributed by atoms with Crippen LogP contribution in [-0.2, 0) is 14.8 Å². The molecule has 0 heterocycles. The first kappa shape index (κ1) is 28.3. The Morgan fingerprint density at radius 1 is 1.03 bits per heavy atom. The van der Waals surface area contributed by atoms with Crippen molar-refractivity contribution in [1.82, 2.24) is 4.72 Å². The number of aliphatic hydroxyl groups is 2. The molecule has 4 saturated carbocycles. The second-order valence-electron chi connectivity index (χ2n) is 13.2. The third-order valence-corrected chi connectivity index (χ3v) is 13.0. The van der Waals surface area contributed by atoms with Crippen LogP contribution in [0.5, 0.6) is 0 Å². The predicted molar refractivity (Wildman–Crippen MR) is 140 cm³/mol. The van der Waals surface area contributed by atoms with Gasteiger partial charge in [0.15, 0.2) is 0 Å². The first-order valence-corrected chi connectivity index (χ1v) is 16.0. The van der Waals surface area contributed by atoms with Gasteiger partial charge in [-0.3, -0.25) is 4.79 Å². The molecule has 0 aromatic carbocycles. The van der Waals surface area contributed by atoms with E-state index in [4.69, 9.17) is 5.11 Å². The molecular formula is C28H49NO6S. The second-order valence-corrected chi connectivity index (χ2v) is 15.2. The van der Waals surface area contributed by atoms with Crippen molar-refractivity contribution < 1.29 is 28.5 Å². The van der Waals surface area contributed by atoms with E-state index in [1.54, 1.807) is 0 Å².